The molecule has 9 nitrogen and oxygen atoms in total. The van der Waals surface area contributed by atoms with Gasteiger partial charge >= 0.3 is 0 Å². The van der Waals surface area contributed by atoms with E-state index in [1.54, 1.807) is 17.0 Å². The summed E-state index contributed by atoms with van der Waals surface area (Å²) < 4.78 is 12.3. The Balaban J connectivity index is 1.03. The highest BCUT2D eigenvalue weighted by atomic mass is 16.3. The molecule has 0 atom stereocenters. The molecule has 280 valence electrons. The van der Waals surface area contributed by atoms with Crippen molar-refractivity contribution < 1.29 is 4.42 Å². The normalized spacial score (nSPS) is 12.1. The molecule has 60 heavy (non-hydrogen) atoms. The second kappa shape index (κ2) is 12.3. The molecule has 7 aromatic carbocycles. The second-order valence-electron chi connectivity index (χ2n) is 15.1. The van der Waals surface area contributed by atoms with Gasteiger partial charge in [-0.15, -0.1) is 0 Å². The number of furan rings is 1. The molecular formula is C51H29N7O2. The minimum Gasteiger partial charge on any atom is -0.456 e. The molecule has 0 saturated carbocycles. The fourth-order valence-electron chi connectivity index (χ4n) is 9.36. The van der Waals surface area contributed by atoms with E-state index < -0.39 is 0 Å². The molecule has 0 spiro atoms. The summed E-state index contributed by atoms with van der Waals surface area (Å²) in [5.41, 5.74) is 10.3. The molecule has 6 aromatic heterocycles. The quantitative estimate of drug-likeness (QED) is 0.165. The van der Waals surface area contributed by atoms with Crippen molar-refractivity contribution in [3.63, 3.8) is 0 Å². The standard InChI is InChI=1S/C51H29N7O2/c59-50-38-28-53-51(55-48(38)37-27-52-29-54-49(37)58(50)43-21-11-23-45-47(43)35-16-6-9-22-44(35)60-45)57-40-19-8-5-15-34(40)46-32(17-10-20-42(46)57)30-24-25-41-36(26-30)33-14-4-7-18-39(33)56(41)31-12-2-1-3-13-31/h1-29H. The van der Waals surface area contributed by atoms with E-state index in [2.05, 4.69) is 122 Å². The first-order valence-electron chi connectivity index (χ1n) is 19.7. The number of nitrogens with zero attached hydrogens (tertiary/aromatic N) is 7. The Morgan fingerprint density at radius 3 is 2.08 bits per heavy atom. The molecule has 0 unspecified atom stereocenters. The Hall–Kier alpha value is -8.43. The predicted octanol–water partition coefficient (Wildman–Crippen LogP) is 11.5. The van der Waals surface area contributed by atoms with Crippen LogP contribution in [0.25, 0.3) is 116 Å². The van der Waals surface area contributed by atoms with Gasteiger partial charge in [0.25, 0.3) is 5.56 Å². The van der Waals surface area contributed by atoms with Gasteiger partial charge in [-0.25, -0.2) is 19.9 Å². The Morgan fingerprint density at radius 2 is 1.20 bits per heavy atom. The Labute approximate surface area is 339 Å². The molecular weight excluding hydrogens is 743 g/mol. The van der Waals surface area contributed by atoms with Crippen molar-refractivity contribution in [2.24, 2.45) is 0 Å². The molecule has 0 fully saturated rings. The van der Waals surface area contributed by atoms with Crippen molar-refractivity contribution in [3.05, 3.63) is 187 Å². The summed E-state index contributed by atoms with van der Waals surface area (Å²) in [5.74, 6) is 0.442. The van der Waals surface area contributed by atoms with Crippen LogP contribution < -0.4 is 5.56 Å². The molecule has 0 N–H and O–H groups in total. The van der Waals surface area contributed by atoms with Crippen LogP contribution >= 0.6 is 0 Å². The van der Waals surface area contributed by atoms with E-state index in [0.29, 0.717) is 39.2 Å². The monoisotopic (exact) mass is 771 g/mol. The summed E-state index contributed by atoms with van der Waals surface area (Å²) in [7, 11) is 0. The summed E-state index contributed by atoms with van der Waals surface area (Å²) in [6, 6.07) is 54.2. The smallest absolute Gasteiger partial charge is 0.267 e. The summed E-state index contributed by atoms with van der Waals surface area (Å²) in [4.78, 5) is 33.9. The zero-order valence-corrected chi connectivity index (χ0v) is 31.7. The minimum absolute atomic E-state index is 0.283. The number of pyridine rings is 1. The van der Waals surface area contributed by atoms with Gasteiger partial charge in [-0.05, 0) is 71.8 Å². The van der Waals surface area contributed by atoms with E-state index in [-0.39, 0.29) is 5.56 Å². The molecule has 0 aliphatic heterocycles. The van der Waals surface area contributed by atoms with E-state index in [1.807, 2.05) is 54.6 Å². The molecule has 13 rings (SSSR count). The van der Waals surface area contributed by atoms with Crippen LogP contribution in [0.2, 0.25) is 0 Å². The van der Waals surface area contributed by atoms with Crippen LogP contribution in [0.3, 0.4) is 0 Å². The molecule has 6 heterocycles. The maximum absolute atomic E-state index is 14.7. The van der Waals surface area contributed by atoms with E-state index in [9.17, 15) is 4.79 Å². The lowest BCUT2D eigenvalue weighted by Gasteiger charge is -2.13. The highest BCUT2D eigenvalue weighted by molar-refractivity contribution is 6.17. The van der Waals surface area contributed by atoms with Gasteiger partial charge in [0.2, 0.25) is 5.95 Å². The fraction of sp³-hybridized carbons (Fsp3) is 0. The van der Waals surface area contributed by atoms with Gasteiger partial charge in [-0.1, -0.05) is 97.1 Å². The van der Waals surface area contributed by atoms with Crippen molar-refractivity contribution in [3.8, 4) is 28.5 Å². The summed E-state index contributed by atoms with van der Waals surface area (Å²) in [6.07, 6.45) is 4.82. The molecule has 9 heteroatoms. The van der Waals surface area contributed by atoms with Crippen LogP contribution in [0.1, 0.15) is 0 Å². The number of rotatable bonds is 4. The van der Waals surface area contributed by atoms with Gasteiger partial charge in [-0.2, -0.15) is 0 Å². The van der Waals surface area contributed by atoms with Crippen molar-refractivity contribution in [2.75, 3.05) is 0 Å². The number of hydrogen-bond donors (Lipinski definition) is 0. The molecule has 0 aliphatic carbocycles. The van der Waals surface area contributed by atoms with Crippen LogP contribution in [-0.2, 0) is 0 Å². The summed E-state index contributed by atoms with van der Waals surface area (Å²) >= 11 is 0. The van der Waals surface area contributed by atoms with Gasteiger partial charge in [0.05, 0.1) is 49.4 Å². The lowest BCUT2D eigenvalue weighted by molar-refractivity contribution is 0.669. The fourth-order valence-corrected chi connectivity index (χ4v) is 9.36. The SMILES string of the molecule is O=c1c2cnc(-n3c4ccccc4c4c(-c5ccc6c(c5)c5ccccc5n6-c5ccccc5)cccc43)nc2c2cncnc2n1-c1cccc2oc3ccccc3c12. The van der Waals surface area contributed by atoms with Crippen molar-refractivity contribution in [2.45, 2.75) is 0 Å². The topological polar surface area (TPSA) is 96.6 Å². The van der Waals surface area contributed by atoms with Gasteiger partial charge in [-0.3, -0.25) is 13.9 Å². The van der Waals surface area contributed by atoms with E-state index >= 15 is 0 Å². The van der Waals surface area contributed by atoms with Crippen LogP contribution in [0.15, 0.2) is 186 Å². The highest BCUT2D eigenvalue weighted by Crippen LogP contribution is 2.41. The van der Waals surface area contributed by atoms with E-state index in [4.69, 9.17) is 14.4 Å². The molecule has 0 saturated heterocycles. The van der Waals surface area contributed by atoms with E-state index in [0.717, 1.165) is 66.0 Å². The number of para-hydroxylation sites is 4. The average Bonchev–Trinajstić information content (AvgIpc) is 3.97. The zero-order valence-electron chi connectivity index (χ0n) is 31.7. The van der Waals surface area contributed by atoms with Crippen LogP contribution in [0.4, 0.5) is 0 Å². The Morgan fingerprint density at radius 1 is 0.483 bits per heavy atom. The Kier molecular flexibility index (Phi) is 6.68. The van der Waals surface area contributed by atoms with Crippen LogP contribution in [0.5, 0.6) is 0 Å². The van der Waals surface area contributed by atoms with Gasteiger partial charge in [0.1, 0.15) is 17.5 Å². The number of fused-ring (bicyclic) bond motifs is 12. The summed E-state index contributed by atoms with van der Waals surface area (Å²) in [6.45, 7) is 0. The van der Waals surface area contributed by atoms with Crippen molar-refractivity contribution in [1.82, 2.24) is 33.6 Å². The van der Waals surface area contributed by atoms with E-state index in [1.165, 1.54) is 17.1 Å². The average molecular weight is 772 g/mol. The number of aromatic nitrogens is 7. The second-order valence-corrected chi connectivity index (χ2v) is 15.1. The minimum atomic E-state index is -0.283. The first-order valence-corrected chi connectivity index (χ1v) is 19.7. The van der Waals surface area contributed by atoms with Crippen LogP contribution in [-0.4, -0.2) is 33.6 Å². The predicted molar refractivity (Wildman–Crippen MR) is 240 cm³/mol. The maximum Gasteiger partial charge on any atom is 0.267 e. The molecule has 13 aromatic rings. The highest BCUT2D eigenvalue weighted by Gasteiger charge is 2.23. The number of benzene rings is 7. The maximum atomic E-state index is 14.7. The van der Waals surface area contributed by atoms with Crippen molar-refractivity contribution >= 4 is 87.5 Å². The van der Waals surface area contributed by atoms with Gasteiger partial charge < -0.3 is 8.98 Å². The lowest BCUT2D eigenvalue weighted by Crippen LogP contribution is -2.21. The molecule has 0 radical (unpaired) electrons. The third-order valence-electron chi connectivity index (χ3n) is 11.9. The van der Waals surface area contributed by atoms with Crippen LogP contribution in [0, 0.1) is 0 Å². The largest absolute Gasteiger partial charge is 0.456 e. The summed E-state index contributed by atoms with van der Waals surface area (Å²) in [5, 5.41) is 7.27. The first kappa shape index (κ1) is 32.6. The lowest BCUT2D eigenvalue weighted by atomic mass is 9.98. The zero-order chi connectivity index (χ0) is 39.5. The first-order chi connectivity index (χ1) is 29.7. The molecule has 0 amide bonds. The molecule has 0 aliphatic rings. The number of hydrogen-bond acceptors (Lipinski definition) is 6. The molecule has 0 bridgehead atoms. The third-order valence-corrected chi connectivity index (χ3v) is 11.9. The Bertz CT molecular complexity index is 3990. The third kappa shape index (κ3) is 4.48. The van der Waals surface area contributed by atoms with Crippen molar-refractivity contribution in [1.29, 1.82) is 0 Å². The van der Waals surface area contributed by atoms with Gasteiger partial charge in [0.15, 0.2) is 5.65 Å². The van der Waals surface area contributed by atoms with Gasteiger partial charge in [0, 0.05) is 45.0 Å².